The van der Waals surface area contributed by atoms with E-state index in [1.165, 1.54) is 24.8 Å². The van der Waals surface area contributed by atoms with Crippen LogP contribution in [-0.4, -0.2) is 23.3 Å². The molecular weight excluding hydrogens is 314 g/mol. The summed E-state index contributed by atoms with van der Waals surface area (Å²) < 4.78 is 1.13. The molecule has 0 amide bonds. The van der Waals surface area contributed by atoms with Crippen LogP contribution in [0.4, 0.5) is 0 Å². The first-order valence-electron chi connectivity index (χ1n) is 7.75. The molecule has 2 atom stereocenters. The van der Waals surface area contributed by atoms with Gasteiger partial charge < -0.3 is 0 Å². The molecule has 108 valence electrons. The summed E-state index contributed by atoms with van der Waals surface area (Å²) in [7, 11) is 0. The van der Waals surface area contributed by atoms with Crippen molar-refractivity contribution in [3.63, 3.8) is 0 Å². The lowest BCUT2D eigenvalue weighted by atomic mass is 9.88. The summed E-state index contributed by atoms with van der Waals surface area (Å²) in [6, 6.07) is 9.07. The van der Waals surface area contributed by atoms with E-state index in [2.05, 4.69) is 45.1 Å². The van der Waals surface area contributed by atoms with Crippen LogP contribution in [0.5, 0.6) is 0 Å². The molecular formula is C17H22BrNO. The minimum absolute atomic E-state index is 0.311. The summed E-state index contributed by atoms with van der Waals surface area (Å²) in [6.07, 6.45) is 6.78. The number of carbonyl (C=O) groups excluding carboxylic acids is 1. The third kappa shape index (κ3) is 3.15. The average molecular weight is 336 g/mol. The Morgan fingerprint density at radius 2 is 1.90 bits per heavy atom. The van der Waals surface area contributed by atoms with E-state index in [-0.39, 0.29) is 0 Å². The van der Waals surface area contributed by atoms with Gasteiger partial charge in [0, 0.05) is 29.4 Å². The van der Waals surface area contributed by atoms with Gasteiger partial charge in [-0.3, -0.25) is 9.69 Å². The molecule has 2 aliphatic rings. The molecule has 1 saturated heterocycles. The Morgan fingerprint density at radius 1 is 1.10 bits per heavy atom. The molecule has 3 rings (SSSR count). The molecule has 1 saturated carbocycles. The molecule has 0 bridgehead atoms. The molecule has 0 radical (unpaired) electrons. The van der Waals surface area contributed by atoms with Crippen LogP contribution in [0, 0.1) is 5.92 Å². The van der Waals surface area contributed by atoms with Crippen molar-refractivity contribution in [3.05, 3.63) is 34.3 Å². The molecule has 1 heterocycles. The fourth-order valence-corrected chi connectivity index (χ4v) is 4.01. The van der Waals surface area contributed by atoms with E-state index in [4.69, 9.17) is 0 Å². The fourth-order valence-electron chi connectivity index (χ4n) is 3.74. The zero-order valence-electron chi connectivity index (χ0n) is 11.9. The molecule has 0 aromatic heterocycles. The Hall–Kier alpha value is -0.670. The van der Waals surface area contributed by atoms with Gasteiger partial charge in [-0.05, 0) is 49.9 Å². The van der Waals surface area contributed by atoms with Crippen molar-refractivity contribution in [2.24, 2.45) is 5.92 Å². The van der Waals surface area contributed by atoms with Crippen molar-refractivity contribution in [3.8, 4) is 0 Å². The largest absolute Gasteiger partial charge is 0.299 e. The molecule has 1 aliphatic heterocycles. The van der Waals surface area contributed by atoms with E-state index in [0.717, 1.165) is 36.8 Å². The predicted molar refractivity (Wildman–Crippen MR) is 84.5 cm³/mol. The Kier molecular flexibility index (Phi) is 4.57. The van der Waals surface area contributed by atoms with Crippen molar-refractivity contribution < 1.29 is 4.79 Å². The predicted octanol–water partition coefficient (Wildman–Crippen LogP) is 4.17. The fraction of sp³-hybridized carbons (Fsp3) is 0.588. The maximum atomic E-state index is 12.1. The lowest BCUT2D eigenvalue weighted by molar-refractivity contribution is -0.123. The number of Topliss-reactive ketones (excluding diaryl/α,β-unsaturated/α-hetero) is 1. The van der Waals surface area contributed by atoms with Crippen molar-refractivity contribution >= 4 is 21.7 Å². The molecule has 2 nitrogen and oxygen atoms in total. The molecule has 2 unspecified atom stereocenters. The summed E-state index contributed by atoms with van der Waals surface area (Å²) in [4.78, 5) is 14.6. The van der Waals surface area contributed by atoms with Crippen LogP contribution in [-0.2, 0) is 11.3 Å². The molecule has 0 N–H and O–H groups in total. The maximum absolute atomic E-state index is 12.1. The van der Waals surface area contributed by atoms with Gasteiger partial charge in [0.05, 0.1) is 0 Å². The minimum Gasteiger partial charge on any atom is -0.299 e. The summed E-state index contributed by atoms with van der Waals surface area (Å²) in [5.74, 6) is 0.823. The van der Waals surface area contributed by atoms with Gasteiger partial charge in [0.15, 0.2) is 0 Å². The van der Waals surface area contributed by atoms with Crippen LogP contribution in [0.1, 0.15) is 44.1 Å². The Balaban J connectivity index is 1.71. The molecule has 3 heteroatoms. The van der Waals surface area contributed by atoms with Gasteiger partial charge in [-0.1, -0.05) is 34.5 Å². The van der Waals surface area contributed by atoms with E-state index in [9.17, 15) is 4.79 Å². The highest BCUT2D eigenvalue weighted by atomic mass is 79.9. The van der Waals surface area contributed by atoms with Gasteiger partial charge in [0.1, 0.15) is 5.78 Å². The number of ketones is 1. The molecule has 0 spiro atoms. The average Bonchev–Trinajstić information content (AvgIpc) is 2.88. The van der Waals surface area contributed by atoms with E-state index in [1.807, 2.05) is 0 Å². The van der Waals surface area contributed by atoms with E-state index < -0.39 is 0 Å². The molecule has 20 heavy (non-hydrogen) atoms. The van der Waals surface area contributed by atoms with Crippen molar-refractivity contribution in [2.45, 2.75) is 51.1 Å². The molecule has 1 aliphatic carbocycles. The minimum atomic E-state index is 0.311. The van der Waals surface area contributed by atoms with E-state index in [0.29, 0.717) is 17.7 Å². The van der Waals surface area contributed by atoms with Gasteiger partial charge in [0.25, 0.3) is 0 Å². The van der Waals surface area contributed by atoms with Gasteiger partial charge >= 0.3 is 0 Å². The second-order valence-corrected chi connectivity index (χ2v) is 7.04. The van der Waals surface area contributed by atoms with Gasteiger partial charge in [-0.15, -0.1) is 0 Å². The normalized spacial score (nSPS) is 27.9. The van der Waals surface area contributed by atoms with Crippen molar-refractivity contribution in [1.29, 1.82) is 0 Å². The number of carbonyl (C=O) groups is 1. The third-order valence-electron chi connectivity index (χ3n) is 4.78. The number of halogens is 1. The SMILES string of the molecule is O=C1CCCC1C1CCCCN1Cc1ccc(Br)cc1. The highest BCUT2D eigenvalue weighted by molar-refractivity contribution is 9.10. The summed E-state index contributed by atoms with van der Waals surface area (Å²) in [5, 5.41) is 0. The first-order chi connectivity index (χ1) is 9.74. The van der Waals surface area contributed by atoms with E-state index >= 15 is 0 Å². The topological polar surface area (TPSA) is 20.3 Å². The van der Waals surface area contributed by atoms with E-state index in [1.54, 1.807) is 0 Å². The van der Waals surface area contributed by atoms with Gasteiger partial charge in [-0.2, -0.15) is 0 Å². The Bertz CT molecular complexity index is 470. The first-order valence-corrected chi connectivity index (χ1v) is 8.54. The zero-order valence-corrected chi connectivity index (χ0v) is 13.4. The summed E-state index contributed by atoms with van der Waals surface area (Å²) in [5.41, 5.74) is 1.35. The number of likely N-dealkylation sites (tertiary alicyclic amines) is 1. The highest BCUT2D eigenvalue weighted by Crippen LogP contribution is 2.33. The number of benzene rings is 1. The number of hydrogen-bond donors (Lipinski definition) is 0. The van der Waals surface area contributed by atoms with Crippen molar-refractivity contribution in [1.82, 2.24) is 4.90 Å². The Morgan fingerprint density at radius 3 is 2.60 bits per heavy atom. The summed E-state index contributed by atoms with van der Waals surface area (Å²) in [6.45, 7) is 2.13. The van der Waals surface area contributed by atoms with Gasteiger partial charge in [-0.25, -0.2) is 0 Å². The standard InChI is InChI=1S/C17H22BrNO/c18-14-9-7-13(8-10-14)12-19-11-2-1-5-16(19)15-4-3-6-17(15)20/h7-10,15-16H,1-6,11-12H2. The molecule has 1 aromatic carbocycles. The zero-order chi connectivity index (χ0) is 13.9. The quantitative estimate of drug-likeness (QED) is 0.826. The lowest BCUT2D eigenvalue weighted by Crippen LogP contribution is -2.44. The first kappa shape index (κ1) is 14.3. The van der Waals surface area contributed by atoms with Crippen LogP contribution in [0.15, 0.2) is 28.7 Å². The van der Waals surface area contributed by atoms with Crippen LogP contribution in [0.2, 0.25) is 0 Å². The summed E-state index contributed by atoms with van der Waals surface area (Å²) >= 11 is 3.49. The smallest absolute Gasteiger partial charge is 0.137 e. The number of rotatable bonds is 3. The number of piperidine rings is 1. The number of nitrogens with zero attached hydrogens (tertiary/aromatic N) is 1. The Labute approximate surface area is 129 Å². The second-order valence-electron chi connectivity index (χ2n) is 6.13. The van der Waals surface area contributed by atoms with Crippen LogP contribution in [0.25, 0.3) is 0 Å². The van der Waals surface area contributed by atoms with Crippen LogP contribution < -0.4 is 0 Å². The van der Waals surface area contributed by atoms with Gasteiger partial charge in [0.2, 0.25) is 0 Å². The van der Waals surface area contributed by atoms with Crippen LogP contribution >= 0.6 is 15.9 Å². The van der Waals surface area contributed by atoms with Crippen LogP contribution in [0.3, 0.4) is 0 Å². The maximum Gasteiger partial charge on any atom is 0.137 e. The monoisotopic (exact) mass is 335 g/mol. The number of hydrogen-bond acceptors (Lipinski definition) is 2. The molecule has 1 aromatic rings. The third-order valence-corrected chi connectivity index (χ3v) is 5.31. The lowest BCUT2D eigenvalue weighted by Gasteiger charge is -2.38. The second kappa shape index (κ2) is 6.40. The highest BCUT2D eigenvalue weighted by Gasteiger charge is 2.36. The van der Waals surface area contributed by atoms with Crippen molar-refractivity contribution in [2.75, 3.05) is 6.54 Å². The molecule has 2 fully saturated rings.